The van der Waals surface area contributed by atoms with Crippen molar-refractivity contribution >= 4 is 28.6 Å². The number of benzene rings is 1. The molecule has 4 N–H and O–H groups in total. The van der Waals surface area contributed by atoms with Gasteiger partial charge in [0.2, 0.25) is 5.95 Å². The van der Waals surface area contributed by atoms with E-state index in [0.29, 0.717) is 5.56 Å². The van der Waals surface area contributed by atoms with E-state index in [9.17, 15) is 26.7 Å². The number of carbonyl (C=O) groups is 1. The van der Waals surface area contributed by atoms with Gasteiger partial charge in [-0.25, -0.2) is 23.5 Å². The Kier molecular flexibility index (Phi) is 6.33. The summed E-state index contributed by atoms with van der Waals surface area (Å²) in [6, 6.07) is 1.16. The van der Waals surface area contributed by atoms with Crippen LogP contribution < -0.4 is 16.4 Å². The molecule has 0 fully saturated rings. The van der Waals surface area contributed by atoms with Crippen LogP contribution in [0.5, 0.6) is 0 Å². The Morgan fingerprint density at radius 2 is 1.79 bits per heavy atom. The van der Waals surface area contributed by atoms with E-state index < -0.39 is 30.4 Å². The second-order valence-corrected chi connectivity index (χ2v) is 5.40. The van der Waals surface area contributed by atoms with Crippen molar-refractivity contribution < 1.29 is 31.2 Å². The molecular weight excluding hydrogens is 389 g/mol. The molecule has 0 unspecified atom stereocenters. The van der Waals surface area contributed by atoms with Gasteiger partial charge in [-0.2, -0.15) is 13.2 Å². The number of alkyl halides is 3. The van der Waals surface area contributed by atoms with Gasteiger partial charge < -0.3 is 20.8 Å². The van der Waals surface area contributed by atoms with Gasteiger partial charge in [-0.1, -0.05) is 0 Å². The highest BCUT2D eigenvalue weighted by atomic mass is 19.4. The largest absolute Gasteiger partial charge is 0.461 e. The molecule has 12 heteroatoms. The van der Waals surface area contributed by atoms with Crippen molar-refractivity contribution in [3.63, 3.8) is 0 Å². The molecule has 0 aliphatic heterocycles. The summed E-state index contributed by atoms with van der Waals surface area (Å²) in [5, 5.41) is 3.97. The molecule has 2 aromatic heterocycles. The predicted octanol–water partition coefficient (Wildman–Crippen LogP) is 3.76. The van der Waals surface area contributed by atoms with Crippen LogP contribution in [0.1, 0.15) is 5.56 Å². The van der Waals surface area contributed by atoms with Crippen LogP contribution in [0, 0.1) is 18.6 Å². The van der Waals surface area contributed by atoms with Gasteiger partial charge in [0.05, 0.1) is 29.7 Å². The molecule has 3 rings (SSSR count). The SMILES string of the molecule is Cc1coc2c(F)ccc(F)c12.Nc1ncc(NC(=O)NCC(F)(F)F)cn1. The highest BCUT2D eigenvalue weighted by Gasteiger charge is 2.27. The van der Waals surface area contributed by atoms with Crippen molar-refractivity contribution in [2.24, 2.45) is 0 Å². The Hall–Kier alpha value is -3.44. The lowest BCUT2D eigenvalue weighted by atomic mass is 10.2. The molecule has 1 aromatic carbocycles. The molecule has 0 aliphatic rings. The number of hydrogen-bond acceptors (Lipinski definition) is 5. The van der Waals surface area contributed by atoms with E-state index in [-0.39, 0.29) is 22.6 Å². The first-order valence-corrected chi connectivity index (χ1v) is 7.57. The summed E-state index contributed by atoms with van der Waals surface area (Å²) in [6.07, 6.45) is -0.753. The van der Waals surface area contributed by atoms with Crippen LogP contribution in [0.15, 0.2) is 35.2 Å². The topological polar surface area (TPSA) is 106 Å². The highest BCUT2D eigenvalue weighted by molar-refractivity contribution is 5.88. The zero-order valence-electron chi connectivity index (χ0n) is 14.3. The molecule has 0 saturated heterocycles. The minimum absolute atomic E-state index is 0.00116. The average molecular weight is 403 g/mol. The number of fused-ring (bicyclic) bond motifs is 1. The lowest BCUT2D eigenvalue weighted by Gasteiger charge is -2.09. The highest BCUT2D eigenvalue weighted by Crippen LogP contribution is 2.25. The van der Waals surface area contributed by atoms with Gasteiger partial charge in [0.25, 0.3) is 0 Å². The molecule has 0 saturated carbocycles. The third-order valence-corrected chi connectivity index (χ3v) is 3.19. The standard InChI is InChI=1S/C9H6F2O.C7H8F3N5O/c1-5-4-12-9-7(11)3-2-6(10)8(5)9;8-7(9,10)3-14-6(16)15-4-1-12-5(11)13-2-4/h2-4H,1H3;1-2H,3H2,(H2,11,12,13)(H2,14,15,16). The number of halogens is 5. The number of rotatable bonds is 2. The van der Waals surface area contributed by atoms with Gasteiger partial charge in [0.15, 0.2) is 11.4 Å². The third-order valence-electron chi connectivity index (χ3n) is 3.19. The summed E-state index contributed by atoms with van der Waals surface area (Å²) in [6.45, 7) is 0.267. The first kappa shape index (κ1) is 20.9. The summed E-state index contributed by atoms with van der Waals surface area (Å²) in [5.41, 5.74) is 5.93. The zero-order chi connectivity index (χ0) is 20.9. The fourth-order valence-electron chi connectivity index (χ4n) is 1.98. The van der Waals surface area contributed by atoms with Gasteiger partial charge in [-0.15, -0.1) is 0 Å². The number of amides is 2. The van der Waals surface area contributed by atoms with Gasteiger partial charge in [-0.3, -0.25) is 0 Å². The van der Waals surface area contributed by atoms with E-state index in [1.165, 1.54) is 18.7 Å². The number of aromatic nitrogens is 2. The summed E-state index contributed by atoms with van der Waals surface area (Å²) in [4.78, 5) is 18.0. The van der Waals surface area contributed by atoms with Crippen molar-refractivity contribution in [1.29, 1.82) is 0 Å². The zero-order valence-corrected chi connectivity index (χ0v) is 14.3. The molecule has 0 atom stereocenters. The second-order valence-electron chi connectivity index (χ2n) is 5.40. The minimum atomic E-state index is -4.45. The molecule has 3 aromatic rings. The Labute approximate surface area is 154 Å². The van der Waals surface area contributed by atoms with Gasteiger partial charge in [0, 0.05) is 0 Å². The predicted molar refractivity (Wildman–Crippen MR) is 90.4 cm³/mol. The van der Waals surface area contributed by atoms with Gasteiger partial charge >= 0.3 is 12.2 Å². The van der Waals surface area contributed by atoms with Crippen molar-refractivity contribution in [2.75, 3.05) is 17.6 Å². The maximum atomic E-state index is 13.0. The van der Waals surface area contributed by atoms with Crippen molar-refractivity contribution in [3.8, 4) is 0 Å². The average Bonchev–Trinajstić information content (AvgIpc) is 3.02. The quantitative estimate of drug-likeness (QED) is 0.565. The maximum Gasteiger partial charge on any atom is 0.405 e. The first-order chi connectivity index (χ1) is 13.1. The Balaban J connectivity index is 0.000000207. The minimum Gasteiger partial charge on any atom is -0.461 e. The smallest absolute Gasteiger partial charge is 0.405 e. The number of furan rings is 1. The van der Waals surface area contributed by atoms with Crippen LogP contribution in [0.4, 0.5) is 38.4 Å². The lowest BCUT2D eigenvalue weighted by Crippen LogP contribution is -2.36. The van der Waals surface area contributed by atoms with Crippen molar-refractivity contribution in [1.82, 2.24) is 15.3 Å². The number of nitrogens with zero attached hydrogens (tertiary/aromatic N) is 2. The number of nitrogen functional groups attached to an aromatic ring is 1. The normalized spacial score (nSPS) is 10.9. The number of anilines is 2. The lowest BCUT2D eigenvalue weighted by molar-refractivity contribution is -0.122. The number of aryl methyl sites for hydroxylation is 1. The summed E-state index contributed by atoms with van der Waals surface area (Å²) >= 11 is 0. The van der Waals surface area contributed by atoms with E-state index in [1.54, 1.807) is 12.2 Å². The number of urea groups is 1. The molecule has 7 nitrogen and oxygen atoms in total. The monoisotopic (exact) mass is 403 g/mol. The maximum absolute atomic E-state index is 13.0. The van der Waals surface area contributed by atoms with Gasteiger partial charge in [0.1, 0.15) is 12.4 Å². The molecule has 150 valence electrons. The molecule has 0 bridgehead atoms. The number of hydrogen-bond donors (Lipinski definition) is 3. The van der Waals surface area contributed by atoms with Crippen LogP contribution in [-0.4, -0.2) is 28.7 Å². The number of nitrogens with one attached hydrogen (secondary N) is 2. The molecule has 0 aliphatic carbocycles. The van der Waals surface area contributed by atoms with Crippen LogP contribution in [0.25, 0.3) is 11.0 Å². The molecule has 0 radical (unpaired) electrons. The van der Waals surface area contributed by atoms with Crippen molar-refractivity contribution in [3.05, 3.63) is 48.0 Å². The Bertz CT molecular complexity index is 956. The van der Waals surface area contributed by atoms with Crippen molar-refractivity contribution in [2.45, 2.75) is 13.1 Å². The second kappa shape index (κ2) is 8.50. The number of carbonyl (C=O) groups excluding carboxylic acids is 1. The molecule has 0 spiro atoms. The van der Waals surface area contributed by atoms with E-state index >= 15 is 0 Å². The number of nitrogens with two attached hydrogens (primary N) is 1. The van der Waals surface area contributed by atoms with E-state index in [0.717, 1.165) is 12.1 Å². The fraction of sp³-hybridized carbons (Fsp3) is 0.188. The van der Waals surface area contributed by atoms with E-state index in [4.69, 9.17) is 10.2 Å². The fourth-order valence-corrected chi connectivity index (χ4v) is 1.98. The summed E-state index contributed by atoms with van der Waals surface area (Å²) < 4.78 is 66.0. The van der Waals surface area contributed by atoms with Crippen LogP contribution in [0.2, 0.25) is 0 Å². The van der Waals surface area contributed by atoms with Gasteiger partial charge in [-0.05, 0) is 24.6 Å². The van der Waals surface area contributed by atoms with Crippen LogP contribution >= 0.6 is 0 Å². The molecule has 28 heavy (non-hydrogen) atoms. The third kappa shape index (κ3) is 5.79. The van der Waals surface area contributed by atoms with Crippen LogP contribution in [-0.2, 0) is 0 Å². The summed E-state index contributed by atoms with van der Waals surface area (Å²) in [7, 11) is 0. The van der Waals surface area contributed by atoms with E-state index in [2.05, 4.69) is 15.3 Å². The van der Waals surface area contributed by atoms with E-state index in [1.807, 2.05) is 0 Å². The Morgan fingerprint density at radius 1 is 1.18 bits per heavy atom. The van der Waals surface area contributed by atoms with Crippen LogP contribution in [0.3, 0.4) is 0 Å². The molecule has 2 amide bonds. The first-order valence-electron chi connectivity index (χ1n) is 7.57. The summed E-state index contributed by atoms with van der Waals surface area (Å²) in [5.74, 6) is -0.974. The molecular formula is C16H14F5N5O2. The molecule has 2 heterocycles. The Morgan fingerprint density at radius 3 is 2.36 bits per heavy atom.